The van der Waals surface area contributed by atoms with Gasteiger partial charge >= 0.3 is 5.97 Å². The summed E-state index contributed by atoms with van der Waals surface area (Å²) >= 11 is 3.33. The van der Waals surface area contributed by atoms with Crippen molar-refractivity contribution in [3.63, 3.8) is 0 Å². The van der Waals surface area contributed by atoms with Crippen molar-refractivity contribution in [2.45, 2.75) is 6.54 Å². The molecule has 0 saturated heterocycles. The first-order valence-corrected chi connectivity index (χ1v) is 7.66. The van der Waals surface area contributed by atoms with E-state index in [0.29, 0.717) is 0 Å². The molecule has 0 amide bonds. The molecule has 3 aromatic rings. The maximum absolute atomic E-state index is 13.6. The van der Waals surface area contributed by atoms with Crippen LogP contribution in [0.1, 0.15) is 15.9 Å². The number of pyridine rings is 1. The molecule has 0 aliphatic rings. The first kappa shape index (κ1) is 16.3. The Labute approximate surface area is 143 Å². The van der Waals surface area contributed by atoms with Gasteiger partial charge in [-0.3, -0.25) is 4.79 Å². The number of carbonyl (C=O) groups is 1. The van der Waals surface area contributed by atoms with Crippen LogP contribution in [0.4, 0.5) is 8.78 Å². The molecule has 0 fully saturated rings. The molecule has 0 unspecified atom stereocenters. The van der Waals surface area contributed by atoms with E-state index in [1.54, 1.807) is 12.1 Å². The van der Waals surface area contributed by atoms with Crippen LogP contribution in [0.15, 0.2) is 51.9 Å². The van der Waals surface area contributed by atoms with Crippen LogP contribution in [0.25, 0.3) is 10.9 Å². The highest BCUT2D eigenvalue weighted by atomic mass is 79.9. The van der Waals surface area contributed by atoms with E-state index >= 15 is 0 Å². The van der Waals surface area contributed by atoms with Gasteiger partial charge in [0.15, 0.2) is 11.6 Å². The third-order valence-corrected chi connectivity index (χ3v) is 4.09. The van der Waals surface area contributed by atoms with E-state index in [1.807, 2.05) is 12.1 Å². The predicted octanol–water partition coefficient (Wildman–Crippen LogP) is 3.79. The van der Waals surface area contributed by atoms with Crippen molar-refractivity contribution in [2.75, 3.05) is 0 Å². The van der Waals surface area contributed by atoms with Crippen LogP contribution in [0.5, 0.6) is 0 Å². The molecule has 0 bridgehead atoms. The number of rotatable bonds is 3. The number of nitrogens with zero attached hydrogens (tertiary/aromatic N) is 1. The smallest absolute Gasteiger partial charge is 0.341 e. The van der Waals surface area contributed by atoms with Gasteiger partial charge in [0.25, 0.3) is 0 Å². The molecule has 1 N–H and O–H groups in total. The highest BCUT2D eigenvalue weighted by molar-refractivity contribution is 9.10. The number of hydrogen-bond acceptors (Lipinski definition) is 2. The van der Waals surface area contributed by atoms with Crippen molar-refractivity contribution in [2.24, 2.45) is 0 Å². The van der Waals surface area contributed by atoms with E-state index in [-0.39, 0.29) is 17.4 Å². The average molecular weight is 394 g/mol. The second-order valence-corrected chi connectivity index (χ2v) is 6.13. The molecule has 0 spiro atoms. The van der Waals surface area contributed by atoms with Gasteiger partial charge in [-0.25, -0.2) is 13.6 Å². The lowest BCUT2D eigenvalue weighted by atomic mass is 10.1. The van der Waals surface area contributed by atoms with Crippen molar-refractivity contribution >= 4 is 32.8 Å². The molecular formula is C17H10BrF2NO3. The SMILES string of the molecule is O=C(O)c1cn(Cc2cccc(Br)c2)c2cc(F)c(F)cc2c1=O. The van der Waals surface area contributed by atoms with Crippen molar-refractivity contribution in [3.8, 4) is 0 Å². The Morgan fingerprint density at radius 2 is 1.88 bits per heavy atom. The zero-order valence-corrected chi connectivity index (χ0v) is 13.7. The second kappa shape index (κ2) is 6.16. The number of hydrogen-bond donors (Lipinski definition) is 1. The quantitative estimate of drug-likeness (QED) is 0.736. The van der Waals surface area contributed by atoms with Gasteiger partial charge in [0.05, 0.1) is 5.52 Å². The molecule has 2 aromatic carbocycles. The fraction of sp³-hybridized carbons (Fsp3) is 0.0588. The molecule has 0 saturated carbocycles. The first-order chi connectivity index (χ1) is 11.4. The summed E-state index contributed by atoms with van der Waals surface area (Å²) in [6, 6.07) is 8.86. The highest BCUT2D eigenvalue weighted by Crippen LogP contribution is 2.19. The Hall–Kier alpha value is -2.54. The van der Waals surface area contributed by atoms with E-state index in [0.717, 1.165) is 28.4 Å². The minimum atomic E-state index is -1.42. The van der Waals surface area contributed by atoms with E-state index in [9.17, 15) is 23.5 Å². The number of fused-ring (bicyclic) bond motifs is 1. The van der Waals surface area contributed by atoms with Gasteiger partial charge in [0, 0.05) is 28.7 Å². The van der Waals surface area contributed by atoms with Crippen molar-refractivity contribution in [1.82, 2.24) is 4.57 Å². The normalized spacial score (nSPS) is 11.0. The van der Waals surface area contributed by atoms with Crippen LogP contribution in [-0.2, 0) is 6.54 Å². The topological polar surface area (TPSA) is 59.3 Å². The summed E-state index contributed by atoms with van der Waals surface area (Å²) in [5.41, 5.74) is -0.412. The predicted molar refractivity (Wildman–Crippen MR) is 88.3 cm³/mol. The maximum Gasteiger partial charge on any atom is 0.341 e. The van der Waals surface area contributed by atoms with Gasteiger partial charge in [-0.05, 0) is 23.8 Å². The number of carboxylic acids is 1. The minimum absolute atomic E-state index is 0.129. The molecule has 0 aliphatic heterocycles. The van der Waals surface area contributed by atoms with Crippen LogP contribution >= 0.6 is 15.9 Å². The third-order valence-electron chi connectivity index (χ3n) is 3.59. The molecule has 1 aromatic heterocycles. The van der Waals surface area contributed by atoms with Gasteiger partial charge in [0.2, 0.25) is 5.43 Å². The molecule has 0 atom stereocenters. The van der Waals surface area contributed by atoms with E-state index in [2.05, 4.69) is 15.9 Å². The molecule has 4 nitrogen and oxygen atoms in total. The fourth-order valence-electron chi connectivity index (χ4n) is 2.50. The number of benzene rings is 2. The van der Waals surface area contributed by atoms with Gasteiger partial charge in [-0.2, -0.15) is 0 Å². The van der Waals surface area contributed by atoms with Crippen LogP contribution in [0.2, 0.25) is 0 Å². The van der Waals surface area contributed by atoms with Gasteiger partial charge in [-0.15, -0.1) is 0 Å². The van der Waals surface area contributed by atoms with Crippen molar-refractivity contribution in [1.29, 1.82) is 0 Å². The summed E-state index contributed by atoms with van der Waals surface area (Å²) in [7, 11) is 0. The molecule has 3 rings (SSSR count). The molecule has 122 valence electrons. The molecule has 7 heteroatoms. The third kappa shape index (κ3) is 2.94. The van der Waals surface area contributed by atoms with Crippen LogP contribution < -0.4 is 5.43 Å². The number of carboxylic acid groups (broad SMARTS) is 1. The fourth-order valence-corrected chi connectivity index (χ4v) is 2.95. The Balaban J connectivity index is 2.29. The largest absolute Gasteiger partial charge is 0.477 e. The summed E-state index contributed by atoms with van der Waals surface area (Å²) in [4.78, 5) is 23.5. The van der Waals surface area contributed by atoms with E-state index in [1.165, 1.54) is 4.57 Å². The molecule has 0 radical (unpaired) electrons. The molecule has 0 aliphatic carbocycles. The molecule has 24 heavy (non-hydrogen) atoms. The molecule has 1 heterocycles. The Morgan fingerprint density at radius 3 is 2.54 bits per heavy atom. The zero-order chi connectivity index (χ0) is 17.4. The minimum Gasteiger partial charge on any atom is -0.477 e. The summed E-state index contributed by atoms with van der Waals surface area (Å²) in [5, 5.41) is 9.02. The number of halogens is 3. The second-order valence-electron chi connectivity index (χ2n) is 5.22. The maximum atomic E-state index is 13.6. The van der Waals surface area contributed by atoms with Crippen LogP contribution in [0.3, 0.4) is 0 Å². The van der Waals surface area contributed by atoms with E-state index in [4.69, 9.17) is 0 Å². The lowest BCUT2D eigenvalue weighted by Gasteiger charge is -2.13. The number of aromatic nitrogens is 1. The monoisotopic (exact) mass is 393 g/mol. The Kier molecular flexibility index (Phi) is 4.19. The average Bonchev–Trinajstić information content (AvgIpc) is 2.52. The summed E-state index contributed by atoms with van der Waals surface area (Å²) in [6.07, 6.45) is 1.14. The van der Waals surface area contributed by atoms with E-state index < -0.39 is 28.6 Å². The summed E-state index contributed by atoms with van der Waals surface area (Å²) in [6.45, 7) is 0.196. The standard InChI is InChI=1S/C17H10BrF2NO3/c18-10-3-1-2-9(4-10)7-21-8-12(17(23)24)16(22)11-5-13(19)14(20)6-15(11)21/h1-6,8H,7H2,(H,23,24). The Bertz CT molecular complexity index is 1030. The Morgan fingerprint density at radius 1 is 1.17 bits per heavy atom. The molecular weight excluding hydrogens is 384 g/mol. The summed E-state index contributed by atoms with van der Waals surface area (Å²) in [5.74, 6) is -3.72. The number of aromatic carboxylic acids is 1. The lowest BCUT2D eigenvalue weighted by Crippen LogP contribution is -2.19. The zero-order valence-electron chi connectivity index (χ0n) is 12.1. The van der Waals surface area contributed by atoms with Gasteiger partial charge in [-0.1, -0.05) is 28.1 Å². The highest BCUT2D eigenvalue weighted by Gasteiger charge is 2.17. The van der Waals surface area contributed by atoms with Gasteiger partial charge < -0.3 is 9.67 Å². The van der Waals surface area contributed by atoms with Gasteiger partial charge in [0.1, 0.15) is 5.56 Å². The van der Waals surface area contributed by atoms with Crippen LogP contribution in [0, 0.1) is 11.6 Å². The van der Waals surface area contributed by atoms with Crippen LogP contribution in [-0.4, -0.2) is 15.6 Å². The first-order valence-electron chi connectivity index (χ1n) is 6.87. The van der Waals surface area contributed by atoms with Crippen molar-refractivity contribution < 1.29 is 18.7 Å². The lowest BCUT2D eigenvalue weighted by molar-refractivity contribution is 0.0695. The van der Waals surface area contributed by atoms with Crippen molar-refractivity contribution in [3.05, 3.63) is 80.1 Å². The summed E-state index contributed by atoms with van der Waals surface area (Å²) < 4.78 is 29.3.